The van der Waals surface area contributed by atoms with Crippen molar-refractivity contribution >= 4 is 28.5 Å². The van der Waals surface area contributed by atoms with Gasteiger partial charge in [0.25, 0.3) is 0 Å². The molecule has 0 amide bonds. The molecule has 4 nitrogen and oxygen atoms in total. The van der Waals surface area contributed by atoms with Crippen LogP contribution in [-0.2, 0) is 4.79 Å². The molecule has 0 aliphatic rings. The first-order chi connectivity index (χ1) is 11.0. The zero-order valence-corrected chi connectivity index (χ0v) is 13.3. The van der Waals surface area contributed by atoms with Crippen LogP contribution in [0.3, 0.4) is 0 Å². The number of rotatable bonds is 2. The van der Waals surface area contributed by atoms with Crippen molar-refractivity contribution in [2.45, 2.75) is 13.8 Å². The highest BCUT2D eigenvalue weighted by Crippen LogP contribution is 2.29. The maximum absolute atomic E-state index is 12.3. The maximum atomic E-state index is 12.3. The summed E-state index contributed by atoms with van der Waals surface area (Å²) in [6, 6.07) is 11.9. The summed E-state index contributed by atoms with van der Waals surface area (Å²) in [7, 11) is 0. The Balaban J connectivity index is 2.24. The fraction of sp³-hybridized carbons (Fsp3) is 0.111. The molecule has 0 aliphatic heterocycles. The Kier molecular flexibility index (Phi) is 3.92. The third kappa shape index (κ3) is 2.98. The SMILES string of the molecule is CC(=O)Oc1ccc2oc(=O)c(-c3ccc(Cl)cc3)c(C)c2c1. The lowest BCUT2D eigenvalue weighted by Crippen LogP contribution is -2.06. The summed E-state index contributed by atoms with van der Waals surface area (Å²) in [6.45, 7) is 3.17. The highest BCUT2D eigenvalue weighted by atomic mass is 35.5. The molecule has 0 bridgehead atoms. The summed E-state index contributed by atoms with van der Waals surface area (Å²) in [5.74, 6) is 0.00122. The van der Waals surface area contributed by atoms with Crippen LogP contribution in [0.15, 0.2) is 51.7 Å². The van der Waals surface area contributed by atoms with Gasteiger partial charge in [0.15, 0.2) is 0 Å². The maximum Gasteiger partial charge on any atom is 0.344 e. The minimum absolute atomic E-state index is 0.405. The Morgan fingerprint density at radius 1 is 1.13 bits per heavy atom. The molecule has 0 atom stereocenters. The predicted molar refractivity (Wildman–Crippen MR) is 89.0 cm³/mol. The van der Waals surface area contributed by atoms with E-state index in [1.54, 1.807) is 42.5 Å². The van der Waals surface area contributed by atoms with E-state index < -0.39 is 11.6 Å². The van der Waals surface area contributed by atoms with Crippen molar-refractivity contribution in [3.63, 3.8) is 0 Å². The first-order valence-corrected chi connectivity index (χ1v) is 7.35. The van der Waals surface area contributed by atoms with Gasteiger partial charge in [0.05, 0.1) is 5.56 Å². The molecule has 0 radical (unpaired) electrons. The van der Waals surface area contributed by atoms with E-state index in [1.807, 2.05) is 6.92 Å². The van der Waals surface area contributed by atoms with Crippen molar-refractivity contribution in [1.29, 1.82) is 0 Å². The number of esters is 1. The van der Waals surface area contributed by atoms with Gasteiger partial charge in [0.1, 0.15) is 11.3 Å². The lowest BCUT2D eigenvalue weighted by molar-refractivity contribution is -0.131. The lowest BCUT2D eigenvalue weighted by Gasteiger charge is -2.09. The number of hydrogen-bond acceptors (Lipinski definition) is 4. The van der Waals surface area contributed by atoms with Crippen LogP contribution in [0.2, 0.25) is 5.02 Å². The molecular weight excluding hydrogens is 316 g/mol. The summed E-state index contributed by atoms with van der Waals surface area (Å²) < 4.78 is 10.5. The number of fused-ring (bicyclic) bond motifs is 1. The monoisotopic (exact) mass is 328 g/mol. The summed E-state index contributed by atoms with van der Waals surface area (Å²) in [6.07, 6.45) is 0. The molecule has 3 aromatic rings. The van der Waals surface area contributed by atoms with Crippen molar-refractivity contribution in [2.75, 3.05) is 0 Å². The molecule has 1 aromatic heterocycles. The molecule has 0 fully saturated rings. The van der Waals surface area contributed by atoms with Crippen LogP contribution in [0.25, 0.3) is 22.1 Å². The Hall–Kier alpha value is -2.59. The van der Waals surface area contributed by atoms with Crippen LogP contribution in [0.4, 0.5) is 0 Å². The highest BCUT2D eigenvalue weighted by molar-refractivity contribution is 6.30. The Bertz CT molecular complexity index is 955. The van der Waals surface area contributed by atoms with Crippen LogP contribution in [0, 0.1) is 6.92 Å². The highest BCUT2D eigenvalue weighted by Gasteiger charge is 2.14. The zero-order valence-electron chi connectivity index (χ0n) is 12.6. The van der Waals surface area contributed by atoms with E-state index in [4.69, 9.17) is 20.8 Å². The van der Waals surface area contributed by atoms with Crippen molar-refractivity contribution in [1.82, 2.24) is 0 Å². The second kappa shape index (κ2) is 5.89. The van der Waals surface area contributed by atoms with E-state index in [-0.39, 0.29) is 0 Å². The quantitative estimate of drug-likeness (QED) is 0.399. The largest absolute Gasteiger partial charge is 0.427 e. The number of carbonyl (C=O) groups excluding carboxylic acids is 1. The lowest BCUT2D eigenvalue weighted by atomic mass is 9.99. The predicted octanol–water partition coefficient (Wildman–Crippen LogP) is 4.35. The van der Waals surface area contributed by atoms with Gasteiger partial charge in [0, 0.05) is 17.3 Å². The van der Waals surface area contributed by atoms with Crippen LogP contribution in [0.5, 0.6) is 5.75 Å². The van der Waals surface area contributed by atoms with Gasteiger partial charge in [0.2, 0.25) is 0 Å². The van der Waals surface area contributed by atoms with Crippen LogP contribution in [0.1, 0.15) is 12.5 Å². The van der Waals surface area contributed by atoms with Gasteiger partial charge in [-0.15, -0.1) is 0 Å². The van der Waals surface area contributed by atoms with E-state index in [0.29, 0.717) is 27.3 Å². The molecule has 0 aliphatic carbocycles. The summed E-state index contributed by atoms with van der Waals surface area (Å²) >= 11 is 5.89. The van der Waals surface area contributed by atoms with E-state index in [0.717, 1.165) is 11.1 Å². The van der Waals surface area contributed by atoms with Crippen molar-refractivity contribution in [3.05, 3.63) is 63.5 Å². The molecule has 5 heteroatoms. The smallest absolute Gasteiger partial charge is 0.344 e. The van der Waals surface area contributed by atoms with Gasteiger partial charge in [-0.1, -0.05) is 23.7 Å². The van der Waals surface area contributed by atoms with Gasteiger partial charge in [-0.25, -0.2) is 4.79 Å². The standard InChI is InChI=1S/C18H13ClO4/c1-10-15-9-14(22-11(2)20)7-8-16(15)23-18(21)17(10)12-3-5-13(19)6-4-12/h3-9H,1-2H3. The van der Waals surface area contributed by atoms with Gasteiger partial charge in [-0.2, -0.15) is 0 Å². The first kappa shape index (κ1) is 15.3. The number of aryl methyl sites for hydroxylation is 1. The minimum Gasteiger partial charge on any atom is -0.427 e. The van der Waals surface area contributed by atoms with Gasteiger partial charge in [-0.05, 0) is 48.4 Å². The van der Waals surface area contributed by atoms with E-state index >= 15 is 0 Å². The molecule has 0 N–H and O–H groups in total. The average Bonchev–Trinajstić information content (AvgIpc) is 2.49. The third-order valence-electron chi connectivity index (χ3n) is 3.53. The van der Waals surface area contributed by atoms with E-state index in [9.17, 15) is 9.59 Å². The van der Waals surface area contributed by atoms with Gasteiger partial charge < -0.3 is 9.15 Å². The third-order valence-corrected chi connectivity index (χ3v) is 3.78. The van der Waals surface area contributed by atoms with Crippen molar-refractivity contribution in [2.24, 2.45) is 0 Å². The summed E-state index contributed by atoms with van der Waals surface area (Å²) in [4.78, 5) is 23.4. The molecule has 0 spiro atoms. The fourth-order valence-corrected chi connectivity index (χ4v) is 2.64. The fourth-order valence-electron chi connectivity index (χ4n) is 2.51. The van der Waals surface area contributed by atoms with Crippen molar-refractivity contribution in [3.8, 4) is 16.9 Å². The molecule has 0 unspecified atom stereocenters. The number of hydrogen-bond donors (Lipinski definition) is 0. The van der Waals surface area contributed by atoms with Crippen LogP contribution >= 0.6 is 11.6 Å². The molecule has 3 rings (SSSR count). The molecule has 23 heavy (non-hydrogen) atoms. The van der Waals surface area contributed by atoms with Crippen LogP contribution < -0.4 is 10.4 Å². The topological polar surface area (TPSA) is 56.5 Å². The average molecular weight is 329 g/mol. The second-order valence-electron chi connectivity index (χ2n) is 5.15. The molecule has 2 aromatic carbocycles. The number of carbonyl (C=O) groups is 1. The van der Waals surface area contributed by atoms with Crippen LogP contribution in [-0.4, -0.2) is 5.97 Å². The van der Waals surface area contributed by atoms with E-state index in [2.05, 4.69) is 0 Å². The summed E-state index contributed by atoms with van der Waals surface area (Å²) in [5.41, 5.74) is 1.97. The molecule has 0 saturated heterocycles. The molecule has 116 valence electrons. The Morgan fingerprint density at radius 3 is 2.48 bits per heavy atom. The number of ether oxygens (including phenoxy) is 1. The molecular formula is C18H13ClO4. The number of benzene rings is 2. The molecule has 0 saturated carbocycles. The summed E-state index contributed by atoms with van der Waals surface area (Å²) in [5, 5.41) is 1.31. The van der Waals surface area contributed by atoms with E-state index in [1.165, 1.54) is 6.92 Å². The normalized spacial score (nSPS) is 10.7. The molecule has 1 heterocycles. The first-order valence-electron chi connectivity index (χ1n) is 6.97. The minimum atomic E-state index is -0.419. The number of halogens is 1. The van der Waals surface area contributed by atoms with Gasteiger partial charge >= 0.3 is 11.6 Å². The Labute approximate surface area is 137 Å². The van der Waals surface area contributed by atoms with Gasteiger partial charge in [-0.3, -0.25) is 4.79 Å². The second-order valence-corrected chi connectivity index (χ2v) is 5.58. The zero-order chi connectivity index (χ0) is 16.6. The Morgan fingerprint density at radius 2 is 1.83 bits per heavy atom. The van der Waals surface area contributed by atoms with Crippen molar-refractivity contribution < 1.29 is 13.9 Å².